The van der Waals surface area contributed by atoms with Crippen molar-refractivity contribution in [2.45, 2.75) is 51.9 Å². The Morgan fingerprint density at radius 3 is 2.67 bits per heavy atom. The zero-order valence-corrected chi connectivity index (χ0v) is 10.6. The number of rotatable bonds is 6. The molecule has 0 aliphatic heterocycles. The Morgan fingerprint density at radius 1 is 1.20 bits per heavy atom. The van der Waals surface area contributed by atoms with Crippen LogP contribution in [0.2, 0.25) is 5.02 Å². The Balaban J connectivity index is 2.36. The van der Waals surface area contributed by atoms with Gasteiger partial charge in [-0.25, -0.2) is 0 Å². The third-order valence-corrected chi connectivity index (χ3v) is 3.14. The highest BCUT2D eigenvalue weighted by Gasteiger charge is 2.05. The van der Waals surface area contributed by atoms with Crippen molar-refractivity contribution in [3.8, 4) is 0 Å². The van der Waals surface area contributed by atoms with E-state index >= 15 is 0 Å². The highest BCUT2D eigenvalue weighted by molar-refractivity contribution is 6.30. The Hall–Kier alpha value is -0.490. The first-order chi connectivity index (χ1) is 7.24. The van der Waals surface area contributed by atoms with Gasteiger partial charge in [-0.15, -0.1) is 0 Å². The summed E-state index contributed by atoms with van der Waals surface area (Å²) in [5.74, 6) is 0.639. The van der Waals surface area contributed by atoms with Gasteiger partial charge in [0, 0.05) is 5.02 Å². The second kappa shape index (κ2) is 6.90. The average molecular weight is 225 g/mol. The third kappa shape index (κ3) is 4.70. The summed E-state index contributed by atoms with van der Waals surface area (Å²) in [6, 6.07) is 8.25. The molecule has 0 bridgehead atoms. The fourth-order valence-corrected chi connectivity index (χ4v) is 2.06. The quantitative estimate of drug-likeness (QED) is 0.567. The van der Waals surface area contributed by atoms with Crippen LogP contribution in [0.25, 0.3) is 0 Å². The number of halogens is 1. The molecule has 0 aliphatic rings. The Bertz CT molecular complexity index is 280. The molecule has 1 rings (SSSR count). The van der Waals surface area contributed by atoms with Gasteiger partial charge in [0.25, 0.3) is 0 Å². The van der Waals surface area contributed by atoms with E-state index in [1.54, 1.807) is 0 Å². The maximum atomic E-state index is 5.97. The van der Waals surface area contributed by atoms with E-state index in [0.717, 1.165) is 5.02 Å². The highest BCUT2D eigenvalue weighted by Crippen LogP contribution is 2.24. The maximum absolute atomic E-state index is 5.97. The molecular weight excluding hydrogens is 204 g/mol. The normalized spacial score (nSPS) is 12.7. The van der Waals surface area contributed by atoms with Crippen molar-refractivity contribution >= 4 is 11.6 Å². The topological polar surface area (TPSA) is 0 Å². The second-order valence-corrected chi connectivity index (χ2v) is 4.74. The average Bonchev–Trinajstić information content (AvgIpc) is 2.24. The number of hydrogen-bond acceptors (Lipinski definition) is 0. The summed E-state index contributed by atoms with van der Waals surface area (Å²) in [5, 5.41) is 0.855. The lowest BCUT2D eigenvalue weighted by molar-refractivity contribution is 0.580. The highest BCUT2D eigenvalue weighted by atomic mass is 35.5. The van der Waals surface area contributed by atoms with Gasteiger partial charge in [0.1, 0.15) is 0 Å². The molecule has 0 saturated carbocycles. The summed E-state index contributed by atoms with van der Waals surface area (Å²) in [6.45, 7) is 4.54. The number of hydrogen-bond donors (Lipinski definition) is 0. The molecule has 0 fully saturated rings. The summed E-state index contributed by atoms with van der Waals surface area (Å²) in [7, 11) is 0. The molecule has 0 N–H and O–H groups in total. The molecule has 1 atom stereocenters. The minimum absolute atomic E-state index is 0.639. The molecule has 0 heterocycles. The van der Waals surface area contributed by atoms with Crippen LogP contribution >= 0.6 is 11.6 Å². The summed E-state index contributed by atoms with van der Waals surface area (Å²) < 4.78 is 0. The van der Waals surface area contributed by atoms with Crippen LogP contribution in [0.3, 0.4) is 0 Å². The van der Waals surface area contributed by atoms with Gasteiger partial charge in [0.15, 0.2) is 0 Å². The standard InChI is InChI=1S/C14H21Cl/c1-3-4-5-6-8-12(2)13-9-7-10-14(15)11-13/h7,9-12H,3-6,8H2,1-2H3. The molecule has 1 aromatic rings. The lowest BCUT2D eigenvalue weighted by atomic mass is 9.95. The molecule has 84 valence electrons. The molecular formula is C14H21Cl. The first kappa shape index (κ1) is 12.6. The van der Waals surface area contributed by atoms with E-state index < -0.39 is 0 Å². The third-order valence-electron chi connectivity index (χ3n) is 2.91. The van der Waals surface area contributed by atoms with Gasteiger partial charge in [0.05, 0.1) is 0 Å². The molecule has 0 amide bonds. The minimum Gasteiger partial charge on any atom is -0.0843 e. The van der Waals surface area contributed by atoms with Crippen molar-refractivity contribution < 1.29 is 0 Å². The lowest BCUT2D eigenvalue weighted by Crippen LogP contribution is -1.93. The number of unbranched alkanes of at least 4 members (excludes halogenated alkanes) is 3. The largest absolute Gasteiger partial charge is 0.0843 e. The Labute approximate surface area is 98.7 Å². The smallest absolute Gasteiger partial charge is 0.0408 e. The van der Waals surface area contributed by atoms with Crippen molar-refractivity contribution in [1.82, 2.24) is 0 Å². The van der Waals surface area contributed by atoms with Crippen molar-refractivity contribution in [3.63, 3.8) is 0 Å². The predicted octanol–water partition coefficient (Wildman–Crippen LogP) is 5.41. The van der Waals surface area contributed by atoms with Crippen LogP contribution in [0.15, 0.2) is 24.3 Å². The first-order valence-electron chi connectivity index (χ1n) is 5.99. The zero-order valence-electron chi connectivity index (χ0n) is 9.80. The molecule has 15 heavy (non-hydrogen) atoms. The maximum Gasteiger partial charge on any atom is 0.0408 e. The van der Waals surface area contributed by atoms with E-state index in [0.29, 0.717) is 5.92 Å². The van der Waals surface area contributed by atoms with Gasteiger partial charge in [0.2, 0.25) is 0 Å². The predicted molar refractivity (Wildman–Crippen MR) is 68.6 cm³/mol. The SMILES string of the molecule is CCCCCCC(C)c1cccc(Cl)c1. The summed E-state index contributed by atoms with van der Waals surface area (Å²) >= 11 is 5.97. The molecule has 0 spiro atoms. The van der Waals surface area contributed by atoms with Crippen molar-refractivity contribution in [3.05, 3.63) is 34.9 Å². The Kier molecular flexibility index (Phi) is 5.78. The molecule has 0 saturated heterocycles. The zero-order chi connectivity index (χ0) is 11.1. The van der Waals surface area contributed by atoms with Crippen LogP contribution in [-0.2, 0) is 0 Å². The second-order valence-electron chi connectivity index (χ2n) is 4.31. The van der Waals surface area contributed by atoms with Gasteiger partial charge >= 0.3 is 0 Å². The van der Waals surface area contributed by atoms with E-state index in [1.807, 2.05) is 12.1 Å². The van der Waals surface area contributed by atoms with Crippen LogP contribution in [0.4, 0.5) is 0 Å². The van der Waals surface area contributed by atoms with E-state index in [4.69, 9.17) is 11.6 Å². The van der Waals surface area contributed by atoms with E-state index in [-0.39, 0.29) is 0 Å². The van der Waals surface area contributed by atoms with Crippen LogP contribution < -0.4 is 0 Å². The van der Waals surface area contributed by atoms with E-state index in [2.05, 4.69) is 26.0 Å². The summed E-state index contributed by atoms with van der Waals surface area (Å²) in [4.78, 5) is 0. The molecule has 0 nitrogen and oxygen atoms in total. The fraction of sp³-hybridized carbons (Fsp3) is 0.571. The monoisotopic (exact) mass is 224 g/mol. The molecule has 1 aromatic carbocycles. The van der Waals surface area contributed by atoms with Gasteiger partial charge < -0.3 is 0 Å². The van der Waals surface area contributed by atoms with Crippen LogP contribution in [-0.4, -0.2) is 0 Å². The van der Waals surface area contributed by atoms with Gasteiger partial charge in [-0.3, -0.25) is 0 Å². The van der Waals surface area contributed by atoms with Crippen LogP contribution in [0.5, 0.6) is 0 Å². The lowest BCUT2D eigenvalue weighted by Gasteiger charge is -2.11. The van der Waals surface area contributed by atoms with Crippen molar-refractivity contribution in [1.29, 1.82) is 0 Å². The van der Waals surface area contributed by atoms with Gasteiger partial charge in [-0.2, -0.15) is 0 Å². The van der Waals surface area contributed by atoms with Gasteiger partial charge in [-0.05, 0) is 30.0 Å². The first-order valence-corrected chi connectivity index (χ1v) is 6.37. The van der Waals surface area contributed by atoms with E-state index in [9.17, 15) is 0 Å². The molecule has 0 aliphatic carbocycles. The molecule has 1 heteroatoms. The summed E-state index contributed by atoms with van der Waals surface area (Å²) in [6.07, 6.45) is 6.65. The van der Waals surface area contributed by atoms with Gasteiger partial charge in [-0.1, -0.05) is 63.3 Å². The van der Waals surface area contributed by atoms with Crippen LogP contribution in [0, 0.1) is 0 Å². The molecule has 1 unspecified atom stereocenters. The van der Waals surface area contributed by atoms with E-state index in [1.165, 1.54) is 37.7 Å². The summed E-state index contributed by atoms with van der Waals surface area (Å²) in [5.41, 5.74) is 1.37. The number of benzene rings is 1. The minimum atomic E-state index is 0.639. The molecule has 0 radical (unpaired) electrons. The Morgan fingerprint density at radius 2 is 2.00 bits per heavy atom. The fourth-order valence-electron chi connectivity index (χ4n) is 1.86. The van der Waals surface area contributed by atoms with Crippen molar-refractivity contribution in [2.75, 3.05) is 0 Å². The van der Waals surface area contributed by atoms with Crippen molar-refractivity contribution in [2.24, 2.45) is 0 Å². The van der Waals surface area contributed by atoms with Crippen LogP contribution in [0.1, 0.15) is 57.4 Å². The molecule has 0 aromatic heterocycles.